The third-order valence-electron chi connectivity index (χ3n) is 1.66. The molecule has 0 aliphatic rings. The highest BCUT2D eigenvalue weighted by atomic mass is 16.4. The second kappa shape index (κ2) is 2.95. The fourth-order valence-electron chi connectivity index (χ4n) is 1.09. The van der Waals surface area contributed by atoms with E-state index in [1.54, 1.807) is 12.1 Å². The number of hydrogen-bond acceptors (Lipinski definition) is 5. The lowest BCUT2D eigenvalue weighted by Gasteiger charge is -1.96. The van der Waals surface area contributed by atoms with Crippen LogP contribution in [0, 0.1) is 0 Å². The van der Waals surface area contributed by atoms with Crippen molar-refractivity contribution in [3.63, 3.8) is 0 Å². The minimum Gasteiger partial charge on any atom is -0.481 e. The van der Waals surface area contributed by atoms with Gasteiger partial charge in [0.2, 0.25) is 0 Å². The fraction of sp³-hybridized carbons (Fsp3) is 0.143. The predicted octanol–water partition coefficient (Wildman–Crippen LogP) is -0.666. The fourth-order valence-corrected chi connectivity index (χ4v) is 1.09. The van der Waals surface area contributed by atoms with Crippen LogP contribution in [0.5, 0.6) is 0 Å². The van der Waals surface area contributed by atoms with Crippen LogP contribution < -0.4 is 5.73 Å². The van der Waals surface area contributed by atoms with Crippen molar-refractivity contribution in [3.8, 4) is 0 Å². The Morgan fingerprint density at radius 3 is 3.00 bits per heavy atom. The Bertz CT molecular complexity index is 492. The lowest BCUT2D eigenvalue weighted by Crippen LogP contribution is -2.07. The average molecular weight is 193 g/mol. The zero-order valence-electron chi connectivity index (χ0n) is 7.08. The van der Waals surface area contributed by atoms with Gasteiger partial charge in [-0.25, -0.2) is 0 Å². The van der Waals surface area contributed by atoms with Gasteiger partial charge in [0.1, 0.15) is 12.2 Å². The van der Waals surface area contributed by atoms with Crippen LogP contribution in [0.3, 0.4) is 0 Å². The summed E-state index contributed by atoms with van der Waals surface area (Å²) in [6.07, 6.45) is -0.225. The Morgan fingerprint density at radius 2 is 2.29 bits per heavy atom. The minimum absolute atomic E-state index is 0.225. The molecule has 0 atom stereocenters. The molecule has 0 unspecified atom stereocenters. The van der Waals surface area contributed by atoms with Crippen LogP contribution in [0.2, 0.25) is 0 Å². The van der Waals surface area contributed by atoms with Crippen molar-refractivity contribution in [1.82, 2.24) is 19.8 Å². The number of nitrogen functional groups attached to an aromatic ring is 1. The molecule has 0 aliphatic heterocycles. The van der Waals surface area contributed by atoms with Gasteiger partial charge in [-0.3, -0.25) is 4.79 Å². The molecule has 0 aliphatic carbocycles. The standard InChI is InChI=1S/C7H7N5O2/c8-4-1-2-5-9-10-6(3-7(13)14)12(5)11-4/h1-2H,3H2,(H2,8,11)(H,13,14). The monoisotopic (exact) mass is 193 g/mol. The summed E-state index contributed by atoms with van der Waals surface area (Å²) in [5.74, 6) is -0.424. The van der Waals surface area contributed by atoms with Crippen molar-refractivity contribution in [1.29, 1.82) is 0 Å². The number of aromatic nitrogens is 4. The van der Waals surface area contributed by atoms with Gasteiger partial charge in [-0.15, -0.1) is 15.3 Å². The molecule has 2 aromatic heterocycles. The Labute approximate surface area is 78.2 Å². The lowest BCUT2D eigenvalue weighted by molar-refractivity contribution is -0.136. The minimum atomic E-state index is -0.983. The van der Waals surface area contributed by atoms with Gasteiger partial charge in [-0.2, -0.15) is 4.52 Å². The van der Waals surface area contributed by atoms with Gasteiger partial charge in [0.15, 0.2) is 11.5 Å². The number of nitrogens with two attached hydrogens (primary N) is 1. The molecule has 0 saturated heterocycles. The maximum absolute atomic E-state index is 10.5. The molecule has 0 saturated carbocycles. The summed E-state index contributed by atoms with van der Waals surface area (Å²) in [6.45, 7) is 0. The predicted molar refractivity (Wildman–Crippen MR) is 46.5 cm³/mol. The number of nitrogens with zero attached hydrogens (tertiary/aromatic N) is 4. The van der Waals surface area contributed by atoms with Crippen molar-refractivity contribution in [2.24, 2.45) is 0 Å². The molecule has 0 amide bonds. The van der Waals surface area contributed by atoms with Gasteiger partial charge in [-0.05, 0) is 12.1 Å². The molecule has 0 fully saturated rings. The molecule has 0 aromatic carbocycles. The quantitative estimate of drug-likeness (QED) is 0.655. The molecule has 3 N–H and O–H groups in total. The SMILES string of the molecule is Nc1ccc2nnc(CC(=O)O)n2n1. The normalized spacial score (nSPS) is 10.6. The van der Waals surface area contributed by atoms with Crippen LogP contribution in [-0.4, -0.2) is 30.9 Å². The summed E-state index contributed by atoms with van der Waals surface area (Å²) in [7, 11) is 0. The van der Waals surface area contributed by atoms with E-state index in [1.807, 2.05) is 0 Å². The van der Waals surface area contributed by atoms with Gasteiger partial charge in [0.25, 0.3) is 0 Å². The molecular weight excluding hydrogens is 186 g/mol. The number of fused-ring (bicyclic) bond motifs is 1. The van der Waals surface area contributed by atoms with E-state index >= 15 is 0 Å². The van der Waals surface area contributed by atoms with E-state index in [-0.39, 0.29) is 12.2 Å². The Kier molecular flexibility index (Phi) is 1.77. The van der Waals surface area contributed by atoms with Crippen molar-refractivity contribution in [3.05, 3.63) is 18.0 Å². The average Bonchev–Trinajstić information content (AvgIpc) is 2.47. The molecule has 0 bridgehead atoms. The zero-order valence-corrected chi connectivity index (χ0v) is 7.08. The van der Waals surface area contributed by atoms with Gasteiger partial charge < -0.3 is 10.8 Å². The lowest BCUT2D eigenvalue weighted by atomic mass is 10.4. The largest absolute Gasteiger partial charge is 0.481 e. The molecule has 0 radical (unpaired) electrons. The number of carboxylic acids is 1. The second-order valence-electron chi connectivity index (χ2n) is 2.71. The van der Waals surface area contributed by atoms with Crippen LogP contribution in [0.15, 0.2) is 12.1 Å². The van der Waals surface area contributed by atoms with Crippen LogP contribution in [0.25, 0.3) is 5.65 Å². The van der Waals surface area contributed by atoms with E-state index in [0.29, 0.717) is 11.5 Å². The smallest absolute Gasteiger partial charge is 0.311 e. The zero-order chi connectivity index (χ0) is 10.1. The van der Waals surface area contributed by atoms with Gasteiger partial charge in [0, 0.05) is 0 Å². The summed E-state index contributed by atoms with van der Waals surface area (Å²) in [5, 5.41) is 19.9. The summed E-state index contributed by atoms with van der Waals surface area (Å²) >= 11 is 0. The van der Waals surface area contributed by atoms with E-state index in [0.717, 1.165) is 0 Å². The first-order valence-corrected chi connectivity index (χ1v) is 3.85. The molecule has 14 heavy (non-hydrogen) atoms. The number of carboxylic acid groups (broad SMARTS) is 1. The maximum atomic E-state index is 10.5. The molecule has 2 rings (SSSR count). The second-order valence-corrected chi connectivity index (χ2v) is 2.71. The molecule has 7 heteroatoms. The van der Waals surface area contributed by atoms with Crippen LogP contribution in [0.4, 0.5) is 5.82 Å². The highest BCUT2D eigenvalue weighted by molar-refractivity contribution is 5.69. The third-order valence-corrected chi connectivity index (χ3v) is 1.66. The number of carbonyl (C=O) groups is 1. The molecular formula is C7H7N5O2. The van der Waals surface area contributed by atoms with Gasteiger partial charge in [-0.1, -0.05) is 0 Å². The highest BCUT2D eigenvalue weighted by Gasteiger charge is 2.10. The van der Waals surface area contributed by atoms with Crippen LogP contribution >= 0.6 is 0 Å². The third kappa shape index (κ3) is 1.35. The van der Waals surface area contributed by atoms with Crippen LogP contribution in [-0.2, 0) is 11.2 Å². The Hall–Kier alpha value is -2.18. The summed E-state index contributed by atoms with van der Waals surface area (Å²) in [5.41, 5.74) is 5.93. The first kappa shape index (κ1) is 8.42. The van der Waals surface area contributed by atoms with Crippen molar-refractivity contribution in [2.75, 3.05) is 5.73 Å². The topological polar surface area (TPSA) is 106 Å². The van der Waals surface area contributed by atoms with E-state index in [4.69, 9.17) is 10.8 Å². The van der Waals surface area contributed by atoms with E-state index in [9.17, 15) is 4.79 Å². The van der Waals surface area contributed by atoms with Crippen LogP contribution in [0.1, 0.15) is 5.82 Å². The number of rotatable bonds is 2. The highest BCUT2D eigenvalue weighted by Crippen LogP contribution is 2.04. The first-order chi connectivity index (χ1) is 6.66. The summed E-state index contributed by atoms with van der Waals surface area (Å²) in [6, 6.07) is 3.20. The maximum Gasteiger partial charge on any atom is 0.311 e. The molecule has 7 nitrogen and oxygen atoms in total. The molecule has 72 valence electrons. The summed E-state index contributed by atoms with van der Waals surface area (Å²) < 4.78 is 1.32. The van der Waals surface area contributed by atoms with Crippen molar-refractivity contribution >= 4 is 17.4 Å². The van der Waals surface area contributed by atoms with E-state index in [1.165, 1.54) is 4.52 Å². The molecule has 0 spiro atoms. The number of aliphatic carboxylic acids is 1. The Morgan fingerprint density at radius 1 is 1.50 bits per heavy atom. The van der Waals surface area contributed by atoms with Crippen molar-refractivity contribution < 1.29 is 9.90 Å². The van der Waals surface area contributed by atoms with E-state index < -0.39 is 5.97 Å². The van der Waals surface area contributed by atoms with E-state index in [2.05, 4.69) is 15.3 Å². The van der Waals surface area contributed by atoms with Gasteiger partial charge >= 0.3 is 5.97 Å². The molecule has 2 aromatic rings. The van der Waals surface area contributed by atoms with Crippen molar-refractivity contribution in [2.45, 2.75) is 6.42 Å². The first-order valence-electron chi connectivity index (χ1n) is 3.85. The van der Waals surface area contributed by atoms with Gasteiger partial charge in [0.05, 0.1) is 0 Å². The number of anilines is 1. The Balaban J connectivity index is 2.55. The summed E-state index contributed by atoms with van der Waals surface area (Å²) in [4.78, 5) is 10.5. The molecule has 2 heterocycles. The number of hydrogen-bond donors (Lipinski definition) is 2.